The normalized spacial score (nSPS) is 21.2. The first-order valence-corrected chi connectivity index (χ1v) is 11.3. The summed E-state index contributed by atoms with van der Waals surface area (Å²) in [5, 5.41) is 8.16. The second-order valence-electron chi connectivity index (χ2n) is 8.61. The van der Waals surface area contributed by atoms with Crippen LogP contribution in [-0.2, 0) is 0 Å². The molecule has 0 aromatic carbocycles. The molecular weight excluding hydrogens is 452 g/mol. The number of hydrogen-bond donors (Lipinski definition) is 3. The zero-order valence-corrected chi connectivity index (χ0v) is 19.4. The molecule has 5 rings (SSSR count). The van der Waals surface area contributed by atoms with E-state index in [1.807, 2.05) is 18.3 Å². The smallest absolute Gasteiger partial charge is 0.223 e. The summed E-state index contributed by atoms with van der Waals surface area (Å²) in [4.78, 5) is 18.9. The van der Waals surface area contributed by atoms with Crippen molar-refractivity contribution in [2.45, 2.75) is 37.4 Å². The largest absolute Gasteiger partial charge is 0.350 e. The lowest BCUT2D eigenvalue weighted by atomic mass is 9.92. The fourth-order valence-electron chi connectivity index (χ4n) is 4.71. The average molecular weight is 480 g/mol. The highest BCUT2D eigenvalue weighted by atomic mass is 35.5. The molecule has 3 aromatic heterocycles. The molecule has 3 aromatic rings. The van der Waals surface area contributed by atoms with E-state index in [0.717, 1.165) is 55.6 Å². The maximum Gasteiger partial charge on any atom is 0.223 e. The van der Waals surface area contributed by atoms with Gasteiger partial charge in [-0.2, -0.15) is 0 Å². The van der Waals surface area contributed by atoms with Crippen LogP contribution in [0, 0.1) is 0 Å². The second kappa shape index (κ2) is 9.87. The predicted molar refractivity (Wildman–Crippen MR) is 128 cm³/mol. The first-order valence-electron chi connectivity index (χ1n) is 10.9. The van der Waals surface area contributed by atoms with E-state index >= 15 is 4.39 Å². The lowest BCUT2D eigenvalue weighted by molar-refractivity contribution is 0.0515. The molecule has 0 amide bonds. The minimum absolute atomic E-state index is 0. The van der Waals surface area contributed by atoms with Crippen LogP contribution in [0.4, 0.5) is 10.3 Å². The molecule has 1 atom stereocenters. The summed E-state index contributed by atoms with van der Waals surface area (Å²) in [5.41, 5.74) is 1.28. The standard InChI is InChI=1S/C22H27ClFN7.ClH/c23-18-12-28-21(30-19(18)17-11-27-20-16(17)4-1-7-26-20)29-15-3-2-10-31(13-15)14-22(24)5-8-25-9-6-22;/h1,4,7,11-12,15,25H,2-3,5-6,8-10,13-14H2,(H,26,27)(H,28,29,30);1H/t15-;/m1./s1. The van der Waals surface area contributed by atoms with Gasteiger partial charge in [0.2, 0.25) is 5.95 Å². The minimum atomic E-state index is -1.08. The Morgan fingerprint density at radius 2 is 2.12 bits per heavy atom. The Labute approximate surface area is 198 Å². The van der Waals surface area contributed by atoms with Crippen molar-refractivity contribution in [3.05, 3.63) is 35.7 Å². The molecule has 172 valence electrons. The third-order valence-electron chi connectivity index (χ3n) is 6.30. The molecule has 0 unspecified atom stereocenters. The van der Waals surface area contributed by atoms with Gasteiger partial charge in [0.1, 0.15) is 11.3 Å². The molecule has 7 nitrogen and oxygen atoms in total. The van der Waals surface area contributed by atoms with Crippen molar-refractivity contribution >= 4 is 41.0 Å². The molecule has 0 saturated carbocycles. The van der Waals surface area contributed by atoms with Crippen LogP contribution in [0.1, 0.15) is 25.7 Å². The van der Waals surface area contributed by atoms with Crippen LogP contribution in [0.2, 0.25) is 5.02 Å². The van der Waals surface area contributed by atoms with Gasteiger partial charge in [0.25, 0.3) is 0 Å². The van der Waals surface area contributed by atoms with Crippen LogP contribution in [0.15, 0.2) is 30.7 Å². The number of hydrogen-bond acceptors (Lipinski definition) is 6. The van der Waals surface area contributed by atoms with Gasteiger partial charge in [-0.1, -0.05) is 11.6 Å². The number of likely N-dealkylation sites (tertiary alicyclic amines) is 1. The molecule has 0 bridgehead atoms. The van der Waals surface area contributed by atoms with Gasteiger partial charge in [-0.15, -0.1) is 12.4 Å². The van der Waals surface area contributed by atoms with Gasteiger partial charge in [0.05, 0.1) is 16.9 Å². The number of halogens is 3. The summed E-state index contributed by atoms with van der Waals surface area (Å²) in [6.45, 7) is 3.75. The Morgan fingerprint density at radius 3 is 2.97 bits per heavy atom. The first-order chi connectivity index (χ1) is 15.1. The summed E-state index contributed by atoms with van der Waals surface area (Å²) in [6.07, 6.45) is 8.47. The van der Waals surface area contributed by atoms with E-state index in [2.05, 4.69) is 30.5 Å². The Kier molecular flexibility index (Phi) is 7.14. The quantitative estimate of drug-likeness (QED) is 0.511. The number of pyridine rings is 1. The highest BCUT2D eigenvalue weighted by molar-refractivity contribution is 6.33. The predicted octanol–water partition coefficient (Wildman–Crippen LogP) is 4.06. The Balaban J connectivity index is 0.00000245. The summed E-state index contributed by atoms with van der Waals surface area (Å²) < 4.78 is 15.1. The third-order valence-corrected chi connectivity index (χ3v) is 6.57. The molecular formula is C22H28Cl2FN7. The van der Waals surface area contributed by atoms with Crippen molar-refractivity contribution in [1.82, 2.24) is 30.2 Å². The van der Waals surface area contributed by atoms with Crippen LogP contribution in [0.25, 0.3) is 22.3 Å². The van der Waals surface area contributed by atoms with Crippen molar-refractivity contribution in [1.29, 1.82) is 0 Å². The molecule has 2 saturated heterocycles. The monoisotopic (exact) mass is 479 g/mol. The maximum atomic E-state index is 15.1. The highest BCUT2D eigenvalue weighted by Gasteiger charge is 2.35. The molecule has 2 aliphatic heterocycles. The molecule has 2 aliphatic rings. The summed E-state index contributed by atoms with van der Waals surface area (Å²) in [7, 11) is 0. The molecule has 10 heteroatoms. The van der Waals surface area contributed by atoms with E-state index in [1.54, 1.807) is 12.4 Å². The fourth-order valence-corrected chi connectivity index (χ4v) is 4.90. The molecule has 32 heavy (non-hydrogen) atoms. The van der Waals surface area contributed by atoms with Gasteiger partial charge in [-0.05, 0) is 57.5 Å². The van der Waals surface area contributed by atoms with Gasteiger partial charge < -0.3 is 15.6 Å². The van der Waals surface area contributed by atoms with E-state index in [1.165, 1.54) is 0 Å². The number of aromatic amines is 1. The molecule has 3 N–H and O–H groups in total. The van der Waals surface area contributed by atoms with Crippen molar-refractivity contribution < 1.29 is 4.39 Å². The molecule has 0 aliphatic carbocycles. The number of piperidine rings is 2. The van der Waals surface area contributed by atoms with Gasteiger partial charge >= 0.3 is 0 Å². The van der Waals surface area contributed by atoms with Crippen molar-refractivity contribution in [3.8, 4) is 11.3 Å². The van der Waals surface area contributed by atoms with Gasteiger partial charge in [-0.25, -0.2) is 19.3 Å². The number of H-pyrrole nitrogens is 1. The van der Waals surface area contributed by atoms with Gasteiger partial charge in [0, 0.05) is 42.5 Å². The van der Waals surface area contributed by atoms with Crippen LogP contribution in [0.5, 0.6) is 0 Å². The summed E-state index contributed by atoms with van der Waals surface area (Å²) in [5.74, 6) is 0.543. The Morgan fingerprint density at radius 1 is 1.28 bits per heavy atom. The Bertz CT molecular complexity index is 1050. The maximum absolute atomic E-state index is 15.1. The van der Waals surface area contributed by atoms with Crippen molar-refractivity contribution in [2.24, 2.45) is 0 Å². The second-order valence-corrected chi connectivity index (χ2v) is 9.02. The SMILES string of the molecule is Cl.FC1(CN2CCC[C@@H](Nc3ncc(Cl)c(-c4c[nH]c5ncccc45)n3)C2)CCNCC1. The van der Waals surface area contributed by atoms with E-state index < -0.39 is 5.67 Å². The first kappa shape index (κ1) is 23.2. The number of fused-ring (bicyclic) bond motifs is 1. The average Bonchev–Trinajstić information content (AvgIpc) is 3.20. The highest BCUT2D eigenvalue weighted by Crippen LogP contribution is 2.32. The van der Waals surface area contributed by atoms with Gasteiger partial charge in [0.15, 0.2) is 0 Å². The van der Waals surface area contributed by atoms with Crippen LogP contribution in [0.3, 0.4) is 0 Å². The fraction of sp³-hybridized carbons (Fsp3) is 0.500. The summed E-state index contributed by atoms with van der Waals surface area (Å²) >= 11 is 6.44. The molecule has 0 spiro atoms. The molecule has 0 radical (unpaired) electrons. The number of nitrogens with zero attached hydrogens (tertiary/aromatic N) is 4. The van der Waals surface area contributed by atoms with Crippen LogP contribution < -0.4 is 10.6 Å². The third kappa shape index (κ3) is 4.98. The zero-order valence-electron chi connectivity index (χ0n) is 17.8. The van der Waals surface area contributed by atoms with E-state index in [-0.39, 0.29) is 18.4 Å². The van der Waals surface area contributed by atoms with E-state index in [4.69, 9.17) is 16.6 Å². The van der Waals surface area contributed by atoms with Crippen molar-refractivity contribution in [2.75, 3.05) is 38.0 Å². The van der Waals surface area contributed by atoms with E-state index in [9.17, 15) is 0 Å². The topological polar surface area (TPSA) is 81.8 Å². The zero-order chi connectivity index (χ0) is 21.3. The number of anilines is 1. The van der Waals surface area contributed by atoms with Crippen molar-refractivity contribution in [3.63, 3.8) is 0 Å². The molecule has 2 fully saturated rings. The number of rotatable bonds is 5. The Hall–Kier alpha value is -2.00. The van der Waals surface area contributed by atoms with Gasteiger partial charge in [-0.3, -0.25) is 4.90 Å². The number of nitrogens with one attached hydrogen (secondary N) is 3. The van der Waals surface area contributed by atoms with E-state index in [0.29, 0.717) is 36.1 Å². The van der Waals surface area contributed by atoms with Crippen LogP contribution in [-0.4, -0.2) is 69.3 Å². The van der Waals surface area contributed by atoms with Crippen LogP contribution >= 0.6 is 24.0 Å². The summed E-state index contributed by atoms with van der Waals surface area (Å²) in [6, 6.07) is 4.06. The number of aromatic nitrogens is 4. The molecule has 5 heterocycles. The minimum Gasteiger partial charge on any atom is -0.350 e. The lowest BCUT2D eigenvalue weighted by Crippen LogP contribution is -2.51. The lowest BCUT2D eigenvalue weighted by Gasteiger charge is -2.39. The number of alkyl halides is 1.